The van der Waals surface area contributed by atoms with Gasteiger partial charge in [-0.3, -0.25) is 10.6 Å². The van der Waals surface area contributed by atoms with Crippen LogP contribution in [0.2, 0.25) is 0 Å². The molecule has 2 aromatic carbocycles. The number of rotatable bonds is 9. The smallest absolute Gasteiger partial charge is 0.414 e. The van der Waals surface area contributed by atoms with Crippen molar-refractivity contribution >= 4 is 30.2 Å². The normalized spacial score (nSPS) is 11.3. The van der Waals surface area contributed by atoms with E-state index in [2.05, 4.69) is 20.9 Å². The molecule has 1 atom stereocenters. The molecule has 0 spiro atoms. The molecule has 5 N–H and O–H groups in total. The fourth-order valence-corrected chi connectivity index (χ4v) is 3.28. The molecule has 0 saturated heterocycles. The average molecular weight is 612 g/mol. The predicted molar refractivity (Wildman–Crippen MR) is 154 cm³/mol. The van der Waals surface area contributed by atoms with Gasteiger partial charge in [0, 0.05) is 12.1 Å². The SMILES string of the molecule is CC(C)(C)OC(=O)N[C@@H](CN=C(NC(=O)OCc1ccccc1)NC(=O)OCc1ccccc1)C(=O)On1c(O)ccc1O. The van der Waals surface area contributed by atoms with Crippen LogP contribution in [0.1, 0.15) is 31.9 Å². The molecule has 0 unspecified atom stereocenters. The van der Waals surface area contributed by atoms with Crippen molar-refractivity contribution in [3.8, 4) is 11.8 Å². The van der Waals surface area contributed by atoms with E-state index in [1.807, 2.05) is 0 Å². The van der Waals surface area contributed by atoms with Crippen LogP contribution in [0.5, 0.6) is 11.8 Å². The Morgan fingerprint density at radius 3 is 1.70 bits per heavy atom. The minimum Gasteiger partial charge on any atom is -0.492 e. The number of amides is 3. The fourth-order valence-electron chi connectivity index (χ4n) is 3.28. The van der Waals surface area contributed by atoms with Crippen LogP contribution in [0.4, 0.5) is 14.4 Å². The third kappa shape index (κ3) is 11.3. The first-order valence-corrected chi connectivity index (χ1v) is 13.2. The molecule has 0 bridgehead atoms. The molecule has 0 aliphatic carbocycles. The van der Waals surface area contributed by atoms with Gasteiger partial charge in [-0.15, -0.1) is 4.73 Å². The first-order chi connectivity index (χ1) is 20.9. The second-order valence-electron chi connectivity index (χ2n) is 10.0. The van der Waals surface area contributed by atoms with E-state index in [4.69, 9.17) is 19.0 Å². The van der Waals surface area contributed by atoms with Gasteiger partial charge in [0.05, 0.1) is 6.54 Å². The lowest BCUT2D eigenvalue weighted by Crippen LogP contribution is -2.49. The zero-order valence-electron chi connectivity index (χ0n) is 24.2. The molecule has 0 fully saturated rings. The first-order valence-electron chi connectivity index (χ1n) is 13.2. The number of ether oxygens (including phenoxy) is 3. The Morgan fingerprint density at radius 2 is 1.25 bits per heavy atom. The Morgan fingerprint density at radius 1 is 0.773 bits per heavy atom. The molecule has 0 saturated carbocycles. The summed E-state index contributed by atoms with van der Waals surface area (Å²) in [6, 6.07) is 18.1. The maximum Gasteiger partial charge on any atom is 0.414 e. The highest BCUT2D eigenvalue weighted by atomic mass is 16.7. The average Bonchev–Trinajstić information content (AvgIpc) is 3.29. The lowest BCUT2D eigenvalue weighted by atomic mass is 10.2. The van der Waals surface area contributed by atoms with Crippen molar-refractivity contribution in [1.29, 1.82) is 0 Å². The number of benzene rings is 2. The largest absolute Gasteiger partial charge is 0.492 e. The molecule has 0 aliphatic heterocycles. The van der Waals surface area contributed by atoms with E-state index >= 15 is 0 Å². The molecule has 3 rings (SSSR count). The van der Waals surface area contributed by atoms with E-state index in [0.717, 1.165) is 12.1 Å². The van der Waals surface area contributed by atoms with Crippen molar-refractivity contribution < 1.29 is 48.4 Å². The van der Waals surface area contributed by atoms with Crippen molar-refractivity contribution in [3.05, 3.63) is 83.9 Å². The van der Waals surface area contributed by atoms with E-state index in [-0.39, 0.29) is 13.2 Å². The zero-order valence-corrected chi connectivity index (χ0v) is 24.2. The van der Waals surface area contributed by atoms with Gasteiger partial charge in [0.15, 0.2) is 6.04 Å². The number of aromatic nitrogens is 1. The summed E-state index contributed by atoms with van der Waals surface area (Å²) in [6.07, 6.45) is -3.03. The Labute approximate surface area is 252 Å². The summed E-state index contributed by atoms with van der Waals surface area (Å²) in [6.45, 7) is 3.97. The Bertz CT molecular complexity index is 1370. The number of nitrogens with one attached hydrogen (secondary N) is 3. The number of carbonyl (C=O) groups is 4. The second kappa shape index (κ2) is 15.5. The molecule has 0 radical (unpaired) electrons. The van der Waals surface area contributed by atoms with Crippen molar-refractivity contribution in [3.63, 3.8) is 0 Å². The Hall–Kier alpha value is -5.73. The number of hydrogen-bond donors (Lipinski definition) is 5. The van der Waals surface area contributed by atoms with Crippen molar-refractivity contribution in [2.75, 3.05) is 6.54 Å². The fraction of sp³-hybridized carbons (Fsp3) is 0.276. The summed E-state index contributed by atoms with van der Waals surface area (Å²) in [5.74, 6) is -2.90. The Balaban J connectivity index is 1.78. The van der Waals surface area contributed by atoms with Gasteiger partial charge in [0.25, 0.3) is 0 Å². The van der Waals surface area contributed by atoms with Gasteiger partial charge in [0.1, 0.15) is 18.8 Å². The number of hydrogen-bond acceptors (Lipinski definition) is 11. The molecule has 15 nitrogen and oxygen atoms in total. The first kappa shape index (κ1) is 32.8. The highest BCUT2D eigenvalue weighted by molar-refractivity contribution is 6.01. The summed E-state index contributed by atoms with van der Waals surface area (Å²) < 4.78 is 16.0. The van der Waals surface area contributed by atoms with Crippen LogP contribution in [-0.2, 0) is 32.2 Å². The van der Waals surface area contributed by atoms with Gasteiger partial charge < -0.3 is 34.6 Å². The molecular weight excluding hydrogens is 578 g/mol. The minimum absolute atomic E-state index is 0.0998. The van der Waals surface area contributed by atoms with Crippen molar-refractivity contribution in [1.82, 2.24) is 20.7 Å². The van der Waals surface area contributed by atoms with E-state index in [9.17, 15) is 29.4 Å². The highest BCUT2D eigenvalue weighted by Gasteiger charge is 2.28. The molecule has 0 aliphatic rings. The van der Waals surface area contributed by atoms with Crippen molar-refractivity contribution in [2.24, 2.45) is 4.99 Å². The number of guanidine groups is 1. The summed E-state index contributed by atoms with van der Waals surface area (Å²) in [4.78, 5) is 59.6. The molecular formula is C29H33N5O10. The molecule has 1 aromatic heterocycles. The molecule has 234 valence electrons. The van der Waals surface area contributed by atoms with E-state index in [0.29, 0.717) is 15.9 Å². The van der Waals surface area contributed by atoms with Crippen LogP contribution >= 0.6 is 0 Å². The van der Waals surface area contributed by atoms with Crippen LogP contribution in [0.15, 0.2) is 77.8 Å². The van der Waals surface area contributed by atoms with Gasteiger partial charge in [-0.05, 0) is 31.9 Å². The number of carbonyl (C=O) groups excluding carboxylic acids is 4. The minimum atomic E-state index is -1.61. The maximum absolute atomic E-state index is 13.0. The number of aliphatic imine (C=N–C) groups is 1. The van der Waals surface area contributed by atoms with Crippen molar-refractivity contribution in [2.45, 2.75) is 45.6 Å². The number of alkyl carbamates (subject to hydrolysis) is 3. The lowest BCUT2D eigenvalue weighted by molar-refractivity contribution is -0.147. The van der Waals surface area contributed by atoms with Crippen LogP contribution in [0.25, 0.3) is 0 Å². The van der Waals surface area contributed by atoms with Gasteiger partial charge in [-0.25, -0.2) is 24.2 Å². The number of aromatic hydroxyl groups is 2. The highest BCUT2D eigenvalue weighted by Crippen LogP contribution is 2.19. The summed E-state index contributed by atoms with van der Waals surface area (Å²) in [7, 11) is 0. The van der Waals surface area contributed by atoms with Crippen LogP contribution in [0, 0.1) is 0 Å². The monoisotopic (exact) mass is 611 g/mol. The molecule has 1 heterocycles. The number of nitrogens with zero attached hydrogens (tertiary/aromatic N) is 2. The van der Waals surface area contributed by atoms with Crippen LogP contribution in [-0.4, -0.2) is 63.3 Å². The third-order valence-corrected chi connectivity index (χ3v) is 5.25. The second-order valence-corrected chi connectivity index (χ2v) is 10.0. The summed E-state index contributed by atoms with van der Waals surface area (Å²) in [5, 5.41) is 26.5. The lowest BCUT2D eigenvalue weighted by Gasteiger charge is -2.22. The summed E-state index contributed by atoms with van der Waals surface area (Å²) in [5.41, 5.74) is 0.451. The van der Waals surface area contributed by atoms with Crippen LogP contribution < -0.4 is 20.8 Å². The molecule has 3 amide bonds. The van der Waals surface area contributed by atoms with E-state index < -0.39 is 60.2 Å². The molecule has 3 aromatic rings. The maximum atomic E-state index is 13.0. The van der Waals surface area contributed by atoms with Crippen LogP contribution in [0.3, 0.4) is 0 Å². The standard InChI is InChI=1S/C29H33N5O10/c1-29(2,3)43-28(40)31-21(24(37)44-34-22(35)14-15-23(34)36)16-30-25(32-26(38)41-17-19-10-6-4-7-11-19)33-27(39)42-18-20-12-8-5-9-13-20/h4-15,21,35-36H,16-18H2,1-3H3,(H,31,40)(H2,30,32,33,38,39)/t21-/m0/s1. The van der Waals surface area contributed by atoms with E-state index in [1.54, 1.807) is 81.4 Å². The van der Waals surface area contributed by atoms with Gasteiger partial charge >= 0.3 is 24.2 Å². The zero-order chi connectivity index (χ0) is 32.1. The topological polar surface area (TPSA) is 199 Å². The Kier molecular flexibility index (Phi) is 11.5. The third-order valence-electron chi connectivity index (χ3n) is 5.25. The van der Waals surface area contributed by atoms with E-state index in [1.165, 1.54) is 0 Å². The quantitative estimate of drug-likeness (QED) is 0.136. The van der Waals surface area contributed by atoms with Gasteiger partial charge in [0.2, 0.25) is 17.7 Å². The molecule has 44 heavy (non-hydrogen) atoms. The van der Waals surface area contributed by atoms with Gasteiger partial charge in [-0.1, -0.05) is 60.7 Å². The summed E-state index contributed by atoms with van der Waals surface area (Å²) >= 11 is 0. The van der Waals surface area contributed by atoms with Gasteiger partial charge in [-0.2, -0.15) is 0 Å². The predicted octanol–water partition coefficient (Wildman–Crippen LogP) is 2.96. The molecule has 15 heteroatoms.